The maximum absolute atomic E-state index is 13.8. The van der Waals surface area contributed by atoms with E-state index >= 15 is 0 Å². The second kappa shape index (κ2) is 6.88. The van der Waals surface area contributed by atoms with E-state index in [1.807, 2.05) is 0 Å². The van der Waals surface area contributed by atoms with E-state index in [4.69, 9.17) is 11.6 Å². The third-order valence-electron chi connectivity index (χ3n) is 3.36. The molecular formula is C14H11ClFN7O3. The van der Waals surface area contributed by atoms with Crippen molar-refractivity contribution in [1.82, 2.24) is 24.5 Å². The highest BCUT2D eigenvalue weighted by Crippen LogP contribution is 2.20. The Labute approximate surface area is 150 Å². The predicted molar refractivity (Wildman–Crippen MR) is 88.3 cm³/mol. The Kier molecular flexibility index (Phi) is 4.63. The van der Waals surface area contributed by atoms with E-state index in [2.05, 4.69) is 20.5 Å². The van der Waals surface area contributed by atoms with Gasteiger partial charge in [0.2, 0.25) is 11.6 Å². The van der Waals surface area contributed by atoms with E-state index < -0.39 is 22.3 Å². The average Bonchev–Trinajstić information content (AvgIpc) is 3.17. The van der Waals surface area contributed by atoms with Gasteiger partial charge in [0.05, 0.1) is 11.5 Å². The van der Waals surface area contributed by atoms with Gasteiger partial charge in [-0.1, -0.05) is 17.7 Å². The highest BCUT2D eigenvalue weighted by molar-refractivity contribution is 6.31. The van der Waals surface area contributed by atoms with Crippen LogP contribution < -0.4 is 5.32 Å². The van der Waals surface area contributed by atoms with Crippen LogP contribution in [-0.4, -0.2) is 35.4 Å². The van der Waals surface area contributed by atoms with Crippen LogP contribution in [0.15, 0.2) is 30.7 Å². The largest absolute Gasteiger partial charge is 0.320 e. The van der Waals surface area contributed by atoms with Crippen LogP contribution in [0.1, 0.15) is 16.1 Å². The lowest BCUT2D eigenvalue weighted by Gasteiger charge is -2.05. The molecule has 10 nitrogen and oxygen atoms in total. The maximum atomic E-state index is 13.8. The summed E-state index contributed by atoms with van der Waals surface area (Å²) in [5, 5.41) is 21.2. The second-order valence-electron chi connectivity index (χ2n) is 5.21. The Morgan fingerprint density at radius 1 is 1.42 bits per heavy atom. The molecule has 0 atom stereocenters. The van der Waals surface area contributed by atoms with Crippen molar-refractivity contribution in [2.75, 3.05) is 5.32 Å². The lowest BCUT2D eigenvalue weighted by Crippen LogP contribution is -2.16. The molecule has 0 saturated heterocycles. The lowest BCUT2D eigenvalue weighted by atomic mass is 10.2. The van der Waals surface area contributed by atoms with Crippen molar-refractivity contribution in [3.63, 3.8) is 0 Å². The van der Waals surface area contributed by atoms with Crippen LogP contribution in [0.4, 0.5) is 16.0 Å². The van der Waals surface area contributed by atoms with E-state index in [0.717, 1.165) is 10.9 Å². The van der Waals surface area contributed by atoms with Crippen LogP contribution in [0.5, 0.6) is 0 Å². The van der Waals surface area contributed by atoms with Crippen LogP contribution in [0.25, 0.3) is 0 Å². The van der Waals surface area contributed by atoms with Gasteiger partial charge in [-0.3, -0.25) is 24.9 Å². The Morgan fingerprint density at radius 2 is 2.19 bits per heavy atom. The zero-order valence-electron chi connectivity index (χ0n) is 13.3. The lowest BCUT2D eigenvalue weighted by molar-refractivity contribution is -0.385. The molecule has 0 spiro atoms. The summed E-state index contributed by atoms with van der Waals surface area (Å²) in [6, 6.07) is 4.29. The SMILES string of the molecule is Cn1cc([N+](=O)[O-])c(C(=O)Nc2ncn(Cc3c(F)cccc3Cl)n2)n1. The molecule has 3 aromatic rings. The molecule has 0 aliphatic carbocycles. The summed E-state index contributed by atoms with van der Waals surface area (Å²) < 4.78 is 16.2. The topological polar surface area (TPSA) is 121 Å². The standard InChI is InChI=1S/C14H11ClFN7O3/c1-21-6-11(23(25)26)12(19-21)13(24)18-14-17-7-22(20-14)5-8-9(15)3-2-4-10(8)16/h2-4,6-7H,5H2,1H3,(H,18,20,24). The summed E-state index contributed by atoms with van der Waals surface area (Å²) >= 11 is 5.95. The Hall–Kier alpha value is -3.34. The first-order valence-electron chi connectivity index (χ1n) is 7.17. The summed E-state index contributed by atoms with van der Waals surface area (Å²) in [4.78, 5) is 26.3. The van der Waals surface area contributed by atoms with Crippen molar-refractivity contribution in [3.8, 4) is 0 Å². The van der Waals surface area contributed by atoms with Crippen molar-refractivity contribution in [2.45, 2.75) is 6.54 Å². The van der Waals surface area contributed by atoms with Crippen LogP contribution in [0, 0.1) is 15.9 Å². The molecule has 0 saturated carbocycles. The summed E-state index contributed by atoms with van der Waals surface area (Å²) in [5.74, 6) is -1.44. The number of nitrogens with one attached hydrogen (secondary N) is 1. The first-order valence-corrected chi connectivity index (χ1v) is 7.54. The van der Waals surface area contributed by atoms with E-state index in [1.54, 1.807) is 6.07 Å². The molecular weight excluding hydrogens is 369 g/mol. The maximum Gasteiger partial charge on any atom is 0.320 e. The molecule has 0 bridgehead atoms. The van der Waals surface area contributed by atoms with Gasteiger partial charge in [-0.25, -0.2) is 14.1 Å². The van der Waals surface area contributed by atoms with Crippen molar-refractivity contribution in [3.05, 3.63) is 62.9 Å². The zero-order chi connectivity index (χ0) is 18.8. The number of hydrogen-bond acceptors (Lipinski definition) is 6. The van der Waals surface area contributed by atoms with Gasteiger partial charge in [0.15, 0.2) is 0 Å². The van der Waals surface area contributed by atoms with E-state index in [9.17, 15) is 19.3 Å². The fraction of sp³-hybridized carbons (Fsp3) is 0.143. The molecule has 134 valence electrons. The molecule has 1 N–H and O–H groups in total. The Morgan fingerprint density at radius 3 is 2.88 bits per heavy atom. The number of halogens is 2. The van der Waals surface area contributed by atoms with Gasteiger partial charge in [-0.2, -0.15) is 5.10 Å². The third-order valence-corrected chi connectivity index (χ3v) is 3.72. The van der Waals surface area contributed by atoms with Gasteiger partial charge >= 0.3 is 5.69 Å². The molecule has 0 radical (unpaired) electrons. The highest BCUT2D eigenvalue weighted by atomic mass is 35.5. The second-order valence-corrected chi connectivity index (χ2v) is 5.62. The molecule has 0 fully saturated rings. The summed E-state index contributed by atoms with van der Waals surface area (Å²) in [7, 11) is 1.45. The fourth-order valence-electron chi connectivity index (χ4n) is 2.21. The van der Waals surface area contributed by atoms with Crippen LogP contribution in [0.3, 0.4) is 0 Å². The number of carbonyl (C=O) groups is 1. The summed E-state index contributed by atoms with van der Waals surface area (Å²) in [6.45, 7) is -0.00187. The van der Waals surface area contributed by atoms with Gasteiger partial charge in [-0.05, 0) is 12.1 Å². The molecule has 2 heterocycles. The highest BCUT2D eigenvalue weighted by Gasteiger charge is 2.25. The first-order chi connectivity index (χ1) is 12.3. The number of nitrogens with zero attached hydrogens (tertiary/aromatic N) is 6. The van der Waals surface area contributed by atoms with Crippen LogP contribution in [-0.2, 0) is 13.6 Å². The zero-order valence-corrected chi connectivity index (χ0v) is 14.0. The van der Waals surface area contributed by atoms with Crippen molar-refractivity contribution in [2.24, 2.45) is 7.05 Å². The minimum absolute atomic E-state index is 0.00187. The normalized spacial score (nSPS) is 10.7. The quantitative estimate of drug-likeness (QED) is 0.534. The minimum atomic E-state index is -0.834. The van der Waals surface area contributed by atoms with E-state index in [-0.39, 0.29) is 28.8 Å². The minimum Gasteiger partial charge on any atom is -0.287 e. The monoisotopic (exact) mass is 379 g/mol. The summed E-state index contributed by atoms with van der Waals surface area (Å²) in [6.07, 6.45) is 2.38. The fourth-order valence-corrected chi connectivity index (χ4v) is 2.43. The molecule has 26 heavy (non-hydrogen) atoms. The number of anilines is 1. The summed E-state index contributed by atoms with van der Waals surface area (Å²) in [5.41, 5.74) is -0.592. The van der Waals surface area contributed by atoms with Gasteiger partial charge < -0.3 is 0 Å². The van der Waals surface area contributed by atoms with Crippen molar-refractivity contribution >= 4 is 29.1 Å². The van der Waals surface area contributed by atoms with Crippen LogP contribution in [0.2, 0.25) is 5.02 Å². The molecule has 1 aromatic carbocycles. The molecule has 0 aliphatic rings. The number of rotatable bonds is 5. The third kappa shape index (κ3) is 3.52. The Balaban J connectivity index is 1.77. The van der Waals surface area contributed by atoms with E-state index in [0.29, 0.717) is 0 Å². The van der Waals surface area contributed by atoms with Gasteiger partial charge in [-0.15, -0.1) is 5.10 Å². The Bertz CT molecular complexity index is 980. The number of aryl methyl sites for hydroxylation is 1. The smallest absolute Gasteiger partial charge is 0.287 e. The number of nitro groups is 1. The number of aromatic nitrogens is 5. The van der Waals surface area contributed by atoms with Crippen molar-refractivity contribution in [1.29, 1.82) is 0 Å². The number of hydrogen-bond donors (Lipinski definition) is 1. The van der Waals surface area contributed by atoms with Gasteiger partial charge in [0.25, 0.3) is 5.91 Å². The molecule has 2 aromatic heterocycles. The van der Waals surface area contributed by atoms with Gasteiger partial charge in [0, 0.05) is 17.6 Å². The molecule has 12 heteroatoms. The van der Waals surface area contributed by atoms with Crippen molar-refractivity contribution < 1.29 is 14.1 Å². The number of benzene rings is 1. The molecule has 0 unspecified atom stereocenters. The van der Waals surface area contributed by atoms with Crippen LogP contribution >= 0.6 is 11.6 Å². The van der Waals surface area contributed by atoms with Gasteiger partial charge in [0.1, 0.15) is 18.3 Å². The number of amides is 1. The molecule has 3 rings (SSSR count). The molecule has 1 amide bonds. The van der Waals surface area contributed by atoms with E-state index in [1.165, 1.54) is 30.2 Å². The number of carbonyl (C=O) groups excluding carboxylic acids is 1. The predicted octanol–water partition coefficient (Wildman–Crippen LogP) is 2.01. The molecule has 0 aliphatic heterocycles. The average molecular weight is 380 g/mol. The first kappa shape index (κ1) is 17.5.